The number of piperidine rings is 4. The van der Waals surface area contributed by atoms with Gasteiger partial charge in [0.15, 0.2) is 0 Å². The topological polar surface area (TPSA) is 136 Å². The summed E-state index contributed by atoms with van der Waals surface area (Å²) in [6, 6.07) is 0.197. The number of fused-ring (bicyclic) bond motifs is 3. The number of nitrogens with one attached hydrogen (secondary N) is 5. The lowest BCUT2D eigenvalue weighted by molar-refractivity contribution is -0.0117. The molecule has 11 nitrogen and oxygen atoms in total. The molecule has 7 N–H and O–H groups in total. The minimum Gasteiger partial charge on any atom is -0.365 e. The highest BCUT2D eigenvalue weighted by Crippen LogP contribution is 2.41. The molecule has 5 aliphatic heterocycles. The van der Waals surface area contributed by atoms with E-state index in [4.69, 9.17) is 10.5 Å². The summed E-state index contributed by atoms with van der Waals surface area (Å²) >= 11 is 0. The molecule has 5 heterocycles. The van der Waals surface area contributed by atoms with Gasteiger partial charge in [-0.3, -0.25) is 15.6 Å². The fourth-order valence-electron chi connectivity index (χ4n) is 6.94. The zero-order chi connectivity index (χ0) is 23.9. The van der Waals surface area contributed by atoms with E-state index in [1.807, 2.05) is 12.1 Å². The van der Waals surface area contributed by atoms with Gasteiger partial charge in [0.2, 0.25) is 10.0 Å². The monoisotopic (exact) mass is 500 g/mol. The van der Waals surface area contributed by atoms with Gasteiger partial charge in [-0.25, -0.2) is 18.1 Å². The number of hydrogen-bond donors (Lipinski definition) is 6. The van der Waals surface area contributed by atoms with Gasteiger partial charge >= 0.3 is 0 Å². The summed E-state index contributed by atoms with van der Waals surface area (Å²) in [4.78, 5) is 2.68. The molecule has 1 aliphatic carbocycles. The van der Waals surface area contributed by atoms with Crippen LogP contribution in [-0.2, 0) is 14.8 Å². The maximum atomic E-state index is 13.4. The molecule has 34 heavy (non-hydrogen) atoms. The third-order valence-corrected chi connectivity index (χ3v) is 10.7. The van der Waals surface area contributed by atoms with Crippen molar-refractivity contribution in [3.63, 3.8) is 0 Å². The van der Waals surface area contributed by atoms with Crippen LogP contribution in [0.5, 0.6) is 0 Å². The van der Waals surface area contributed by atoms with Crippen molar-refractivity contribution in [3.05, 3.63) is 0 Å². The summed E-state index contributed by atoms with van der Waals surface area (Å²) in [5.41, 5.74) is 9.31. The Hall–Kier alpha value is -0.410. The van der Waals surface area contributed by atoms with Crippen molar-refractivity contribution in [2.45, 2.75) is 61.5 Å². The van der Waals surface area contributed by atoms with Gasteiger partial charge in [0, 0.05) is 71.4 Å². The SMILES string of the molecule is COC1NCC2CNN(C)C2C1NS(=O)(=O)C(CN)CNC1CC(N2CC3CC(C3)C2)CCN1. The van der Waals surface area contributed by atoms with Crippen molar-refractivity contribution in [1.82, 2.24) is 36.0 Å². The van der Waals surface area contributed by atoms with Crippen molar-refractivity contribution in [1.29, 1.82) is 0 Å². The molecule has 12 heteroatoms. The van der Waals surface area contributed by atoms with Crippen LogP contribution in [0.25, 0.3) is 0 Å². The molecule has 0 aromatic heterocycles. The lowest BCUT2D eigenvalue weighted by Gasteiger charge is -2.51. The summed E-state index contributed by atoms with van der Waals surface area (Å²) in [5.74, 6) is 2.11. The third kappa shape index (κ3) is 5.17. The Kier molecular flexibility index (Phi) is 7.82. The van der Waals surface area contributed by atoms with Crippen molar-refractivity contribution in [2.75, 3.05) is 60.0 Å². The molecule has 0 radical (unpaired) electrons. The number of likely N-dealkylation sites (N-methyl/N-ethyl adjacent to an activating group) is 1. The summed E-state index contributed by atoms with van der Waals surface area (Å²) in [6.07, 6.45) is 4.72. The average Bonchev–Trinajstić information content (AvgIpc) is 3.20. The fourth-order valence-corrected chi connectivity index (χ4v) is 8.34. The number of ether oxygens (including phenoxy) is 1. The summed E-state index contributed by atoms with van der Waals surface area (Å²) in [5, 5.41) is 11.7. The highest BCUT2D eigenvalue weighted by Gasteiger charge is 2.47. The molecule has 196 valence electrons. The second kappa shape index (κ2) is 10.5. The predicted molar refractivity (Wildman–Crippen MR) is 131 cm³/mol. The van der Waals surface area contributed by atoms with Gasteiger partial charge in [0.25, 0.3) is 0 Å². The van der Waals surface area contributed by atoms with Gasteiger partial charge in [-0.2, -0.15) is 0 Å². The van der Waals surface area contributed by atoms with Gasteiger partial charge in [-0.15, -0.1) is 0 Å². The van der Waals surface area contributed by atoms with E-state index < -0.39 is 21.3 Å². The van der Waals surface area contributed by atoms with Crippen LogP contribution in [0.3, 0.4) is 0 Å². The largest absolute Gasteiger partial charge is 0.365 e. The van der Waals surface area contributed by atoms with E-state index >= 15 is 0 Å². The van der Waals surface area contributed by atoms with Gasteiger partial charge in [-0.05, 0) is 44.1 Å². The number of sulfonamides is 1. The molecule has 0 amide bonds. The van der Waals surface area contributed by atoms with Crippen LogP contribution >= 0.6 is 0 Å². The summed E-state index contributed by atoms with van der Waals surface area (Å²) in [7, 11) is -0.0906. The molecule has 1 saturated carbocycles. The Morgan fingerprint density at radius 1 is 1.15 bits per heavy atom. The molecule has 7 unspecified atom stereocenters. The first-order chi connectivity index (χ1) is 16.4. The second-order valence-corrected chi connectivity index (χ2v) is 13.1. The number of nitrogens with zero attached hydrogens (tertiary/aromatic N) is 2. The van der Waals surface area contributed by atoms with Crippen molar-refractivity contribution in [2.24, 2.45) is 23.5 Å². The lowest BCUT2D eigenvalue weighted by Crippen LogP contribution is -2.67. The second-order valence-electron chi connectivity index (χ2n) is 11.1. The molecule has 5 saturated heterocycles. The highest BCUT2D eigenvalue weighted by molar-refractivity contribution is 7.90. The van der Waals surface area contributed by atoms with Crippen LogP contribution < -0.4 is 31.8 Å². The Balaban J connectivity index is 1.17. The number of rotatable bonds is 9. The van der Waals surface area contributed by atoms with E-state index in [9.17, 15) is 8.42 Å². The van der Waals surface area contributed by atoms with Crippen LogP contribution in [0.1, 0.15) is 25.7 Å². The van der Waals surface area contributed by atoms with Crippen LogP contribution in [0.4, 0.5) is 0 Å². The smallest absolute Gasteiger partial charge is 0.217 e. The average molecular weight is 501 g/mol. The highest BCUT2D eigenvalue weighted by atomic mass is 32.2. The molecule has 0 aromatic carbocycles. The van der Waals surface area contributed by atoms with E-state index in [1.54, 1.807) is 7.11 Å². The minimum absolute atomic E-state index is 0.0175. The van der Waals surface area contributed by atoms with Crippen LogP contribution in [0.15, 0.2) is 0 Å². The van der Waals surface area contributed by atoms with E-state index in [0.29, 0.717) is 18.5 Å². The Bertz CT molecular complexity index is 787. The Labute approximate surface area is 204 Å². The number of hydrazine groups is 1. The van der Waals surface area contributed by atoms with Crippen molar-refractivity contribution in [3.8, 4) is 0 Å². The van der Waals surface area contributed by atoms with E-state index in [1.165, 1.54) is 25.9 Å². The first-order valence-electron chi connectivity index (χ1n) is 13.0. The van der Waals surface area contributed by atoms with Crippen LogP contribution in [0.2, 0.25) is 0 Å². The fraction of sp³-hybridized carbons (Fsp3) is 1.00. The van der Waals surface area contributed by atoms with Crippen molar-refractivity contribution >= 4 is 10.0 Å². The predicted octanol–water partition coefficient (Wildman–Crippen LogP) is -2.38. The molecule has 7 atom stereocenters. The Morgan fingerprint density at radius 3 is 2.62 bits per heavy atom. The molecule has 2 bridgehead atoms. The molecule has 6 fully saturated rings. The number of nitrogens with two attached hydrogens (primary N) is 1. The van der Waals surface area contributed by atoms with Crippen LogP contribution in [0, 0.1) is 17.8 Å². The van der Waals surface area contributed by atoms with E-state index in [2.05, 4.69) is 31.0 Å². The molecular formula is C22H44N8O3S. The molecule has 6 aliphatic rings. The van der Waals surface area contributed by atoms with Gasteiger partial charge in [0.1, 0.15) is 11.5 Å². The van der Waals surface area contributed by atoms with Gasteiger partial charge in [-0.1, -0.05) is 0 Å². The number of methoxy groups -OCH3 is 1. The molecule has 6 rings (SSSR count). The first-order valence-corrected chi connectivity index (χ1v) is 14.6. The maximum absolute atomic E-state index is 13.4. The van der Waals surface area contributed by atoms with Crippen LogP contribution in [-0.4, -0.2) is 114 Å². The zero-order valence-corrected chi connectivity index (χ0v) is 21.4. The Morgan fingerprint density at radius 2 is 1.91 bits per heavy atom. The lowest BCUT2D eigenvalue weighted by atomic mass is 9.70. The summed E-state index contributed by atoms with van der Waals surface area (Å²) < 4.78 is 35.4. The standard InChI is InChI=1S/C22H44N8O3S/c1-29-21-16(10-27-29)9-26-22(33-2)20(21)28-34(31,32)18(8-23)11-25-19-7-17(3-4-24-19)30-12-14-5-15(6-14)13-30/h14-22,24-28H,3-13,23H2,1-2H3. The molecule has 0 spiro atoms. The third-order valence-electron chi connectivity index (χ3n) is 8.87. The van der Waals surface area contributed by atoms with Crippen molar-refractivity contribution < 1.29 is 13.2 Å². The molecular weight excluding hydrogens is 456 g/mol. The quantitative estimate of drug-likeness (QED) is 0.204. The van der Waals surface area contributed by atoms with Gasteiger partial charge in [0.05, 0.1) is 12.2 Å². The molecule has 0 aromatic rings. The van der Waals surface area contributed by atoms with E-state index in [0.717, 1.165) is 44.3 Å². The maximum Gasteiger partial charge on any atom is 0.217 e. The van der Waals surface area contributed by atoms with E-state index in [-0.39, 0.29) is 25.0 Å². The number of hydrogen-bond acceptors (Lipinski definition) is 10. The first kappa shape index (κ1) is 25.2. The zero-order valence-electron chi connectivity index (χ0n) is 20.6. The van der Waals surface area contributed by atoms with Gasteiger partial charge < -0.3 is 21.1 Å². The minimum atomic E-state index is -3.66. The summed E-state index contributed by atoms with van der Waals surface area (Å²) in [6.45, 7) is 5.41. The normalized spacial score (nSPS) is 42.2.